The molecule has 0 fully saturated rings. The van der Waals surface area contributed by atoms with Gasteiger partial charge in [-0.2, -0.15) is 0 Å². The lowest BCUT2D eigenvalue weighted by atomic mass is 10.0. The van der Waals surface area contributed by atoms with E-state index in [1.165, 1.54) is 32.4 Å². The maximum atomic E-state index is 13.2. The second-order valence-corrected chi connectivity index (χ2v) is 6.53. The van der Waals surface area contributed by atoms with E-state index in [9.17, 15) is 14.0 Å². The van der Waals surface area contributed by atoms with E-state index in [4.69, 9.17) is 14.2 Å². The average Bonchev–Trinajstić information content (AvgIpc) is 2.69. The Labute approximate surface area is 163 Å². The molecule has 1 N–H and O–H groups in total. The molecule has 2 rings (SSSR count). The van der Waals surface area contributed by atoms with Gasteiger partial charge in [0.1, 0.15) is 30.0 Å². The van der Waals surface area contributed by atoms with Gasteiger partial charge in [0.25, 0.3) is 5.91 Å². The van der Waals surface area contributed by atoms with Crippen molar-refractivity contribution in [2.24, 2.45) is 5.92 Å². The van der Waals surface area contributed by atoms with Crippen molar-refractivity contribution in [1.29, 1.82) is 0 Å². The molecule has 0 heterocycles. The van der Waals surface area contributed by atoms with Gasteiger partial charge in [0.05, 0.1) is 14.2 Å². The van der Waals surface area contributed by atoms with Gasteiger partial charge in [0.15, 0.2) is 0 Å². The van der Waals surface area contributed by atoms with Crippen LogP contribution in [0.5, 0.6) is 11.5 Å². The standard InChI is InChI=1S/C21H24FNO5/c1-13(2)19(21(25)28-12-14-6-5-7-16(22)8-14)23-20(24)15-9-17(26-3)11-18(10-15)27-4/h5-11,13,19H,12H2,1-4H3,(H,23,24)/t19-/m0/s1. The molecule has 150 valence electrons. The Kier molecular flexibility index (Phi) is 7.37. The van der Waals surface area contributed by atoms with Crippen LogP contribution >= 0.6 is 0 Å². The first kappa shape index (κ1) is 21.2. The van der Waals surface area contributed by atoms with Crippen molar-refractivity contribution in [1.82, 2.24) is 5.32 Å². The van der Waals surface area contributed by atoms with Crippen LogP contribution in [0, 0.1) is 11.7 Å². The summed E-state index contributed by atoms with van der Waals surface area (Å²) < 4.78 is 28.8. The van der Waals surface area contributed by atoms with E-state index in [0.717, 1.165) is 0 Å². The third kappa shape index (κ3) is 5.70. The molecule has 1 atom stereocenters. The highest BCUT2D eigenvalue weighted by Crippen LogP contribution is 2.22. The molecule has 28 heavy (non-hydrogen) atoms. The SMILES string of the molecule is COc1cc(OC)cc(C(=O)N[C@H](C(=O)OCc2cccc(F)c2)C(C)C)c1. The van der Waals surface area contributed by atoms with Gasteiger partial charge in [-0.3, -0.25) is 4.79 Å². The Morgan fingerprint density at radius 3 is 2.21 bits per heavy atom. The predicted octanol–water partition coefficient (Wildman–Crippen LogP) is 3.34. The minimum Gasteiger partial charge on any atom is -0.497 e. The molecule has 7 heteroatoms. The van der Waals surface area contributed by atoms with Gasteiger partial charge in [0, 0.05) is 11.6 Å². The third-order valence-electron chi connectivity index (χ3n) is 4.09. The van der Waals surface area contributed by atoms with E-state index in [2.05, 4.69) is 5.32 Å². The van der Waals surface area contributed by atoms with Crippen molar-refractivity contribution in [3.63, 3.8) is 0 Å². The minimum atomic E-state index is -0.863. The van der Waals surface area contributed by atoms with Crippen molar-refractivity contribution in [2.75, 3.05) is 14.2 Å². The third-order valence-corrected chi connectivity index (χ3v) is 4.09. The van der Waals surface area contributed by atoms with Crippen LogP contribution in [0.1, 0.15) is 29.8 Å². The first-order valence-electron chi connectivity index (χ1n) is 8.79. The summed E-state index contributed by atoms with van der Waals surface area (Å²) in [6, 6.07) is 9.67. The molecule has 0 aliphatic rings. The number of benzene rings is 2. The highest BCUT2D eigenvalue weighted by molar-refractivity contribution is 5.97. The molecular weight excluding hydrogens is 365 g/mol. The van der Waals surface area contributed by atoms with E-state index in [1.807, 2.05) is 0 Å². The fourth-order valence-corrected chi connectivity index (χ4v) is 2.53. The average molecular weight is 389 g/mol. The Hall–Kier alpha value is -3.09. The zero-order valence-electron chi connectivity index (χ0n) is 16.3. The van der Waals surface area contributed by atoms with Crippen LogP contribution in [0.15, 0.2) is 42.5 Å². The highest BCUT2D eigenvalue weighted by atomic mass is 19.1. The topological polar surface area (TPSA) is 73.9 Å². The van der Waals surface area contributed by atoms with Gasteiger partial charge in [-0.25, -0.2) is 9.18 Å². The molecule has 0 saturated heterocycles. The number of carbonyl (C=O) groups is 2. The van der Waals surface area contributed by atoms with Crippen LogP contribution in [0.25, 0.3) is 0 Å². The Morgan fingerprint density at radius 1 is 1.04 bits per heavy atom. The van der Waals surface area contributed by atoms with Crippen molar-refractivity contribution in [3.8, 4) is 11.5 Å². The number of esters is 1. The summed E-state index contributed by atoms with van der Waals surface area (Å²) in [6.07, 6.45) is 0. The molecule has 0 bridgehead atoms. The lowest BCUT2D eigenvalue weighted by Crippen LogP contribution is -2.45. The normalized spacial score (nSPS) is 11.6. The molecule has 1 amide bonds. The number of methoxy groups -OCH3 is 2. The minimum absolute atomic E-state index is 0.0807. The number of ether oxygens (including phenoxy) is 3. The number of rotatable bonds is 8. The van der Waals surface area contributed by atoms with Crippen LogP contribution in [-0.4, -0.2) is 32.1 Å². The largest absolute Gasteiger partial charge is 0.497 e. The summed E-state index contributed by atoms with van der Waals surface area (Å²) in [4.78, 5) is 25.1. The van der Waals surface area contributed by atoms with Crippen LogP contribution in [0.3, 0.4) is 0 Å². The Bertz CT molecular complexity index is 815. The fourth-order valence-electron chi connectivity index (χ4n) is 2.53. The maximum Gasteiger partial charge on any atom is 0.329 e. The zero-order valence-corrected chi connectivity index (χ0v) is 16.3. The Morgan fingerprint density at radius 2 is 1.68 bits per heavy atom. The quantitative estimate of drug-likeness (QED) is 0.701. The summed E-state index contributed by atoms with van der Waals surface area (Å²) in [5, 5.41) is 2.68. The van der Waals surface area contributed by atoms with E-state index < -0.39 is 23.7 Å². The lowest BCUT2D eigenvalue weighted by molar-refractivity contribution is -0.148. The van der Waals surface area contributed by atoms with Crippen LogP contribution in [-0.2, 0) is 16.1 Å². The van der Waals surface area contributed by atoms with Crippen LogP contribution in [0.2, 0.25) is 0 Å². The molecule has 0 radical (unpaired) electrons. The lowest BCUT2D eigenvalue weighted by Gasteiger charge is -2.21. The molecule has 6 nitrogen and oxygen atoms in total. The molecule has 0 spiro atoms. The molecule has 0 aliphatic carbocycles. The predicted molar refractivity (Wildman–Crippen MR) is 102 cm³/mol. The molecule has 0 saturated carbocycles. The van der Waals surface area contributed by atoms with E-state index in [1.54, 1.807) is 38.1 Å². The smallest absolute Gasteiger partial charge is 0.329 e. The van der Waals surface area contributed by atoms with E-state index in [0.29, 0.717) is 22.6 Å². The monoisotopic (exact) mass is 389 g/mol. The second kappa shape index (κ2) is 9.73. The van der Waals surface area contributed by atoms with Gasteiger partial charge in [-0.15, -0.1) is 0 Å². The summed E-state index contributed by atoms with van der Waals surface area (Å²) in [5.74, 6) is -0.759. The van der Waals surface area contributed by atoms with Crippen molar-refractivity contribution >= 4 is 11.9 Å². The highest BCUT2D eigenvalue weighted by Gasteiger charge is 2.26. The summed E-state index contributed by atoms with van der Waals surface area (Å²) in [6.45, 7) is 3.50. The van der Waals surface area contributed by atoms with Gasteiger partial charge in [-0.05, 0) is 35.7 Å². The number of carbonyl (C=O) groups excluding carboxylic acids is 2. The fraction of sp³-hybridized carbons (Fsp3) is 0.333. The molecular formula is C21H24FNO5. The molecule has 0 aromatic heterocycles. The van der Waals surface area contributed by atoms with E-state index in [-0.39, 0.29) is 12.5 Å². The molecule has 2 aromatic carbocycles. The molecule has 0 unspecified atom stereocenters. The summed E-state index contributed by atoms with van der Waals surface area (Å²) >= 11 is 0. The number of hydrogen-bond acceptors (Lipinski definition) is 5. The van der Waals surface area contributed by atoms with Gasteiger partial charge < -0.3 is 19.5 Å². The maximum absolute atomic E-state index is 13.2. The number of amides is 1. The Balaban J connectivity index is 2.09. The number of halogens is 1. The van der Waals surface area contributed by atoms with Crippen molar-refractivity contribution in [2.45, 2.75) is 26.5 Å². The first-order chi connectivity index (χ1) is 13.3. The first-order valence-corrected chi connectivity index (χ1v) is 8.79. The number of hydrogen-bond donors (Lipinski definition) is 1. The van der Waals surface area contributed by atoms with Crippen LogP contribution in [0.4, 0.5) is 4.39 Å². The number of nitrogens with one attached hydrogen (secondary N) is 1. The van der Waals surface area contributed by atoms with E-state index >= 15 is 0 Å². The van der Waals surface area contributed by atoms with Gasteiger partial charge >= 0.3 is 5.97 Å². The molecule has 2 aromatic rings. The summed E-state index contributed by atoms with van der Waals surface area (Å²) in [5.41, 5.74) is 0.819. The molecule has 0 aliphatic heterocycles. The second-order valence-electron chi connectivity index (χ2n) is 6.53. The summed E-state index contributed by atoms with van der Waals surface area (Å²) in [7, 11) is 2.97. The van der Waals surface area contributed by atoms with Crippen LogP contribution < -0.4 is 14.8 Å². The zero-order chi connectivity index (χ0) is 20.7. The van der Waals surface area contributed by atoms with Crippen molar-refractivity contribution < 1.29 is 28.2 Å². The van der Waals surface area contributed by atoms with Gasteiger partial charge in [0.2, 0.25) is 0 Å². The van der Waals surface area contributed by atoms with Crippen molar-refractivity contribution in [3.05, 3.63) is 59.4 Å². The van der Waals surface area contributed by atoms with Gasteiger partial charge in [-0.1, -0.05) is 26.0 Å².